The standard InChI is InChI=1S/C12H15N5OS/c1-7-6-19-12(15-7)8(2)16-11(18)9-3-4-14-5-10(9)17-13/h3-6,8,17H,13H2,1-2H3,(H,16,18). The summed E-state index contributed by atoms with van der Waals surface area (Å²) in [5, 5.41) is 5.72. The zero-order chi connectivity index (χ0) is 13.8. The van der Waals surface area contributed by atoms with E-state index in [0.717, 1.165) is 10.7 Å². The minimum atomic E-state index is -0.212. The summed E-state index contributed by atoms with van der Waals surface area (Å²) in [7, 11) is 0. The number of nitrogens with zero attached hydrogens (tertiary/aromatic N) is 2. The van der Waals surface area contributed by atoms with Crippen LogP contribution in [0.15, 0.2) is 23.8 Å². The van der Waals surface area contributed by atoms with Crippen molar-refractivity contribution in [2.24, 2.45) is 5.84 Å². The topological polar surface area (TPSA) is 92.9 Å². The number of anilines is 1. The fourth-order valence-corrected chi connectivity index (χ4v) is 2.42. The molecule has 0 aromatic carbocycles. The molecule has 0 fully saturated rings. The van der Waals surface area contributed by atoms with Crippen LogP contribution in [0.2, 0.25) is 0 Å². The fraction of sp³-hybridized carbons (Fsp3) is 0.250. The van der Waals surface area contributed by atoms with E-state index in [0.29, 0.717) is 11.3 Å². The molecule has 0 spiro atoms. The van der Waals surface area contributed by atoms with Gasteiger partial charge < -0.3 is 10.7 Å². The molecule has 2 rings (SSSR count). The summed E-state index contributed by atoms with van der Waals surface area (Å²) in [4.78, 5) is 20.4. The summed E-state index contributed by atoms with van der Waals surface area (Å²) in [6.45, 7) is 3.82. The average molecular weight is 277 g/mol. The number of carbonyl (C=O) groups excluding carboxylic acids is 1. The number of pyridine rings is 1. The average Bonchev–Trinajstić information content (AvgIpc) is 2.85. The van der Waals surface area contributed by atoms with Gasteiger partial charge in [-0.15, -0.1) is 11.3 Å². The number of rotatable bonds is 4. The molecule has 2 aromatic rings. The van der Waals surface area contributed by atoms with E-state index in [1.54, 1.807) is 12.3 Å². The normalized spacial score (nSPS) is 11.9. The molecule has 6 nitrogen and oxygen atoms in total. The number of nitrogen functional groups attached to an aromatic ring is 1. The molecule has 2 heterocycles. The van der Waals surface area contributed by atoms with Crippen LogP contribution in [0.4, 0.5) is 5.69 Å². The van der Waals surface area contributed by atoms with Crippen molar-refractivity contribution >= 4 is 22.9 Å². The van der Waals surface area contributed by atoms with E-state index in [-0.39, 0.29) is 11.9 Å². The van der Waals surface area contributed by atoms with Gasteiger partial charge in [-0.2, -0.15) is 0 Å². The largest absolute Gasteiger partial charge is 0.343 e. The van der Waals surface area contributed by atoms with Crippen LogP contribution in [0.5, 0.6) is 0 Å². The molecule has 2 aromatic heterocycles. The second kappa shape index (κ2) is 5.77. The summed E-state index contributed by atoms with van der Waals surface area (Å²) in [5.41, 5.74) is 4.35. The number of nitrogens with one attached hydrogen (secondary N) is 2. The zero-order valence-electron chi connectivity index (χ0n) is 10.7. The van der Waals surface area contributed by atoms with Crippen LogP contribution in [0.1, 0.15) is 34.0 Å². The molecular weight excluding hydrogens is 262 g/mol. The van der Waals surface area contributed by atoms with Crippen LogP contribution in [0, 0.1) is 6.92 Å². The number of aromatic nitrogens is 2. The van der Waals surface area contributed by atoms with E-state index < -0.39 is 0 Å². The molecule has 1 amide bonds. The molecule has 0 aliphatic rings. The van der Waals surface area contributed by atoms with E-state index in [1.165, 1.54) is 17.5 Å². The van der Waals surface area contributed by atoms with E-state index >= 15 is 0 Å². The molecule has 1 atom stereocenters. The van der Waals surface area contributed by atoms with Crippen LogP contribution in [-0.4, -0.2) is 15.9 Å². The molecule has 0 bridgehead atoms. The van der Waals surface area contributed by atoms with Crippen LogP contribution in [0.25, 0.3) is 0 Å². The quantitative estimate of drug-likeness (QED) is 0.583. The first-order valence-corrected chi connectivity index (χ1v) is 6.63. The lowest BCUT2D eigenvalue weighted by Crippen LogP contribution is -2.28. The van der Waals surface area contributed by atoms with Gasteiger partial charge in [-0.25, -0.2) is 4.98 Å². The lowest BCUT2D eigenvalue weighted by atomic mass is 10.2. The van der Waals surface area contributed by atoms with Gasteiger partial charge in [-0.3, -0.25) is 15.6 Å². The highest BCUT2D eigenvalue weighted by Gasteiger charge is 2.16. The van der Waals surface area contributed by atoms with Crippen molar-refractivity contribution in [3.8, 4) is 0 Å². The Kier molecular flexibility index (Phi) is 4.08. The van der Waals surface area contributed by atoms with Crippen LogP contribution < -0.4 is 16.6 Å². The van der Waals surface area contributed by atoms with Gasteiger partial charge in [0.1, 0.15) is 5.01 Å². The Morgan fingerprint density at radius 2 is 2.32 bits per heavy atom. The van der Waals surface area contributed by atoms with Gasteiger partial charge in [-0.05, 0) is 19.9 Å². The Morgan fingerprint density at radius 1 is 1.53 bits per heavy atom. The van der Waals surface area contributed by atoms with E-state index in [9.17, 15) is 4.79 Å². The zero-order valence-corrected chi connectivity index (χ0v) is 11.5. The van der Waals surface area contributed by atoms with Crippen LogP contribution in [0.3, 0.4) is 0 Å². The van der Waals surface area contributed by atoms with E-state index in [1.807, 2.05) is 19.2 Å². The minimum Gasteiger partial charge on any atom is -0.343 e. The van der Waals surface area contributed by atoms with E-state index in [2.05, 4.69) is 20.7 Å². The Balaban J connectivity index is 2.12. The Bertz CT molecular complexity index is 583. The maximum absolute atomic E-state index is 12.2. The van der Waals surface area contributed by atoms with Gasteiger partial charge in [0, 0.05) is 17.3 Å². The Morgan fingerprint density at radius 3 is 2.95 bits per heavy atom. The lowest BCUT2D eigenvalue weighted by molar-refractivity contribution is 0.0940. The molecule has 7 heteroatoms. The number of nitrogens with two attached hydrogens (primary N) is 1. The second-order valence-corrected chi connectivity index (χ2v) is 4.98. The number of hydrogen-bond acceptors (Lipinski definition) is 6. The van der Waals surface area contributed by atoms with Crippen molar-refractivity contribution < 1.29 is 4.79 Å². The number of amides is 1. The highest BCUT2D eigenvalue weighted by Crippen LogP contribution is 2.19. The number of thiazole rings is 1. The highest BCUT2D eigenvalue weighted by molar-refractivity contribution is 7.09. The molecule has 19 heavy (non-hydrogen) atoms. The van der Waals surface area contributed by atoms with Gasteiger partial charge in [0.25, 0.3) is 5.91 Å². The van der Waals surface area contributed by atoms with Gasteiger partial charge in [0.2, 0.25) is 0 Å². The second-order valence-electron chi connectivity index (χ2n) is 4.09. The van der Waals surface area contributed by atoms with Crippen molar-refractivity contribution in [3.05, 3.63) is 40.1 Å². The third-order valence-electron chi connectivity index (χ3n) is 2.58. The molecule has 0 saturated heterocycles. The predicted octanol–water partition coefficient (Wildman–Crippen LogP) is 1.62. The summed E-state index contributed by atoms with van der Waals surface area (Å²) >= 11 is 1.53. The van der Waals surface area contributed by atoms with E-state index in [4.69, 9.17) is 5.84 Å². The highest BCUT2D eigenvalue weighted by atomic mass is 32.1. The van der Waals surface area contributed by atoms with Crippen molar-refractivity contribution in [1.82, 2.24) is 15.3 Å². The van der Waals surface area contributed by atoms with Crippen molar-refractivity contribution in [2.45, 2.75) is 19.9 Å². The SMILES string of the molecule is Cc1csc(C(C)NC(=O)c2ccncc2NN)n1. The molecule has 0 saturated carbocycles. The predicted molar refractivity (Wildman–Crippen MR) is 74.8 cm³/mol. The van der Waals surface area contributed by atoms with Crippen LogP contribution in [-0.2, 0) is 0 Å². The van der Waals surface area contributed by atoms with Crippen molar-refractivity contribution in [1.29, 1.82) is 0 Å². The molecule has 1 unspecified atom stereocenters. The lowest BCUT2D eigenvalue weighted by Gasteiger charge is -2.13. The van der Waals surface area contributed by atoms with Crippen LogP contribution >= 0.6 is 11.3 Å². The van der Waals surface area contributed by atoms with Gasteiger partial charge in [0.05, 0.1) is 23.5 Å². The fourth-order valence-electron chi connectivity index (χ4n) is 1.61. The number of hydrogen-bond donors (Lipinski definition) is 3. The molecule has 0 aliphatic heterocycles. The van der Waals surface area contributed by atoms with Gasteiger partial charge >= 0.3 is 0 Å². The number of aryl methyl sites for hydroxylation is 1. The summed E-state index contributed by atoms with van der Waals surface area (Å²) in [6.07, 6.45) is 3.06. The monoisotopic (exact) mass is 277 g/mol. The maximum atomic E-state index is 12.2. The molecular formula is C12H15N5OS. The Labute approximate surface area is 115 Å². The van der Waals surface area contributed by atoms with Gasteiger partial charge in [-0.1, -0.05) is 0 Å². The van der Waals surface area contributed by atoms with Gasteiger partial charge in [0.15, 0.2) is 0 Å². The molecule has 0 radical (unpaired) electrons. The molecule has 100 valence electrons. The third kappa shape index (κ3) is 3.07. The number of hydrazine groups is 1. The smallest absolute Gasteiger partial charge is 0.254 e. The third-order valence-corrected chi connectivity index (χ3v) is 3.72. The van der Waals surface area contributed by atoms with Crippen molar-refractivity contribution in [2.75, 3.05) is 5.43 Å². The first-order valence-electron chi connectivity index (χ1n) is 5.75. The number of carbonyl (C=O) groups is 1. The first kappa shape index (κ1) is 13.4. The Hall–Kier alpha value is -1.99. The summed E-state index contributed by atoms with van der Waals surface area (Å²) < 4.78 is 0. The molecule has 0 aliphatic carbocycles. The van der Waals surface area contributed by atoms with Crippen molar-refractivity contribution in [3.63, 3.8) is 0 Å². The molecule has 4 N–H and O–H groups in total. The first-order chi connectivity index (χ1) is 9.11. The maximum Gasteiger partial charge on any atom is 0.254 e. The minimum absolute atomic E-state index is 0.148. The summed E-state index contributed by atoms with van der Waals surface area (Å²) in [5.74, 6) is 5.14. The summed E-state index contributed by atoms with van der Waals surface area (Å²) in [6, 6.07) is 1.47.